The molecule has 0 unspecified atom stereocenters. The van der Waals surface area contributed by atoms with Gasteiger partial charge in [-0.2, -0.15) is 0 Å². The summed E-state index contributed by atoms with van der Waals surface area (Å²) in [5.41, 5.74) is 0.845. The molecule has 0 fully saturated rings. The highest BCUT2D eigenvalue weighted by Crippen LogP contribution is 2.21. The number of rotatable bonds is 4. The van der Waals surface area contributed by atoms with Crippen LogP contribution in [-0.4, -0.2) is 17.4 Å². The maximum absolute atomic E-state index is 13.2. The molecule has 0 bridgehead atoms. The molecule has 0 atom stereocenters. The first-order valence-electron chi connectivity index (χ1n) is 6.17. The minimum Gasteiger partial charge on any atom is -0.370 e. The minimum atomic E-state index is -0.394. The van der Waals surface area contributed by atoms with Gasteiger partial charge in [0.25, 0.3) is 5.91 Å². The zero-order chi connectivity index (χ0) is 15.4. The average Bonchev–Trinajstić information content (AvgIpc) is 2.42. The summed E-state index contributed by atoms with van der Waals surface area (Å²) in [4.78, 5) is 16.2. The lowest BCUT2D eigenvalue weighted by molar-refractivity contribution is 0.102. The summed E-state index contributed by atoms with van der Waals surface area (Å²) in [5.74, 6) is -0.221. The average molecular weight is 373 g/mol. The number of anilines is 2. The number of aromatic nitrogens is 1. The molecule has 1 aromatic heterocycles. The first-order chi connectivity index (χ1) is 9.99. The topological polar surface area (TPSA) is 54.0 Å². The fraction of sp³-hybridized carbons (Fsp3) is 0.143. The third-order valence-corrected chi connectivity index (χ3v) is 3.39. The van der Waals surface area contributed by atoms with Gasteiger partial charge in [-0.25, -0.2) is 9.37 Å². The van der Waals surface area contributed by atoms with Gasteiger partial charge in [0.2, 0.25) is 0 Å². The van der Waals surface area contributed by atoms with E-state index in [-0.39, 0.29) is 15.5 Å². The molecule has 4 nitrogen and oxygen atoms in total. The number of benzene rings is 1. The predicted octanol–water partition coefficient (Wildman–Crippen LogP) is 4.32. The van der Waals surface area contributed by atoms with Gasteiger partial charge < -0.3 is 10.6 Å². The Balaban J connectivity index is 2.21. The van der Waals surface area contributed by atoms with E-state index in [4.69, 9.17) is 11.6 Å². The van der Waals surface area contributed by atoms with Crippen molar-refractivity contribution in [1.29, 1.82) is 0 Å². The Morgan fingerprint density at radius 1 is 1.38 bits per heavy atom. The second kappa shape index (κ2) is 6.87. The van der Waals surface area contributed by atoms with Crippen LogP contribution in [0, 0.1) is 5.82 Å². The molecular weight excluding hydrogens is 361 g/mol. The highest BCUT2D eigenvalue weighted by molar-refractivity contribution is 9.10. The molecular formula is C14H12BrClFN3O. The van der Waals surface area contributed by atoms with Crippen LogP contribution >= 0.6 is 27.5 Å². The summed E-state index contributed by atoms with van der Waals surface area (Å²) < 4.78 is 13.4. The molecule has 2 N–H and O–H groups in total. The van der Waals surface area contributed by atoms with E-state index in [1.54, 1.807) is 6.07 Å². The molecule has 2 aromatic rings. The van der Waals surface area contributed by atoms with Crippen LogP contribution in [0.25, 0.3) is 0 Å². The number of hydrogen-bond acceptors (Lipinski definition) is 3. The van der Waals surface area contributed by atoms with Crippen LogP contribution in [0.15, 0.2) is 34.8 Å². The van der Waals surface area contributed by atoms with Crippen LogP contribution in [0.4, 0.5) is 15.9 Å². The van der Waals surface area contributed by atoms with Crippen molar-refractivity contribution < 1.29 is 9.18 Å². The maximum atomic E-state index is 13.2. The van der Waals surface area contributed by atoms with Gasteiger partial charge in [-0.05, 0) is 53.2 Å². The normalized spacial score (nSPS) is 10.3. The fourth-order valence-corrected chi connectivity index (χ4v) is 2.26. The van der Waals surface area contributed by atoms with Gasteiger partial charge in [-0.15, -0.1) is 0 Å². The Bertz CT molecular complexity index is 681. The lowest BCUT2D eigenvalue weighted by atomic mass is 10.2. The Hall–Kier alpha value is -1.66. The van der Waals surface area contributed by atoms with Gasteiger partial charge in [-0.3, -0.25) is 4.79 Å². The molecule has 2 rings (SSSR count). The molecule has 0 aliphatic heterocycles. The van der Waals surface area contributed by atoms with E-state index in [0.29, 0.717) is 23.6 Å². The van der Waals surface area contributed by atoms with Crippen LogP contribution in [-0.2, 0) is 0 Å². The Morgan fingerprint density at radius 2 is 2.14 bits per heavy atom. The quantitative estimate of drug-likeness (QED) is 0.786. The highest BCUT2D eigenvalue weighted by atomic mass is 79.9. The molecule has 0 radical (unpaired) electrons. The predicted molar refractivity (Wildman–Crippen MR) is 85.5 cm³/mol. The van der Waals surface area contributed by atoms with E-state index >= 15 is 0 Å². The van der Waals surface area contributed by atoms with Gasteiger partial charge in [0, 0.05) is 17.8 Å². The smallest absolute Gasteiger partial charge is 0.255 e. The Kier molecular flexibility index (Phi) is 5.14. The SMILES string of the molecule is CCNc1cc(C(=O)Nc2ccc(F)c(Br)c2)cc(Cl)n1. The summed E-state index contributed by atoms with van der Waals surface area (Å²) in [5, 5.41) is 5.89. The molecule has 7 heteroatoms. The first kappa shape index (κ1) is 15.7. The summed E-state index contributed by atoms with van der Waals surface area (Å²) in [7, 11) is 0. The number of nitrogens with one attached hydrogen (secondary N) is 2. The summed E-state index contributed by atoms with van der Waals surface area (Å²) in [6.07, 6.45) is 0. The van der Waals surface area contributed by atoms with Crippen molar-refractivity contribution in [1.82, 2.24) is 4.98 Å². The molecule has 1 heterocycles. The zero-order valence-corrected chi connectivity index (χ0v) is 13.4. The number of carbonyl (C=O) groups is 1. The number of halogens is 3. The third-order valence-electron chi connectivity index (χ3n) is 2.59. The first-order valence-corrected chi connectivity index (χ1v) is 7.34. The van der Waals surface area contributed by atoms with Crippen LogP contribution in [0.5, 0.6) is 0 Å². The van der Waals surface area contributed by atoms with Crippen molar-refractivity contribution in [2.45, 2.75) is 6.92 Å². The maximum Gasteiger partial charge on any atom is 0.255 e. The number of pyridine rings is 1. The van der Waals surface area contributed by atoms with E-state index < -0.39 is 5.82 Å². The van der Waals surface area contributed by atoms with Gasteiger partial charge >= 0.3 is 0 Å². The molecule has 1 aromatic carbocycles. The summed E-state index contributed by atoms with van der Waals surface area (Å²) >= 11 is 8.96. The van der Waals surface area contributed by atoms with Crippen molar-refractivity contribution >= 4 is 44.9 Å². The van der Waals surface area contributed by atoms with E-state index in [1.807, 2.05) is 6.92 Å². The van der Waals surface area contributed by atoms with E-state index in [0.717, 1.165) is 0 Å². The Morgan fingerprint density at radius 3 is 2.81 bits per heavy atom. The number of nitrogens with zero attached hydrogens (tertiary/aromatic N) is 1. The molecule has 0 saturated carbocycles. The monoisotopic (exact) mass is 371 g/mol. The molecule has 21 heavy (non-hydrogen) atoms. The summed E-state index contributed by atoms with van der Waals surface area (Å²) in [6.45, 7) is 2.58. The van der Waals surface area contributed by atoms with E-state index in [1.165, 1.54) is 24.3 Å². The van der Waals surface area contributed by atoms with Crippen LogP contribution in [0.1, 0.15) is 17.3 Å². The van der Waals surface area contributed by atoms with E-state index in [9.17, 15) is 9.18 Å². The molecule has 0 saturated heterocycles. The van der Waals surface area contributed by atoms with Gasteiger partial charge in [0.1, 0.15) is 16.8 Å². The van der Waals surface area contributed by atoms with Gasteiger partial charge in [-0.1, -0.05) is 11.6 Å². The second-order valence-electron chi connectivity index (χ2n) is 4.18. The van der Waals surface area contributed by atoms with Gasteiger partial charge in [0.15, 0.2) is 0 Å². The lowest BCUT2D eigenvalue weighted by Crippen LogP contribution is -2.13. The lowest BCUT2D eigenvalue weighted by Gasteiger charge is -2.08. The van der Waals surface area contributed by atoms with Crippen molar-refractivity contribution in [3.63, 3.8) is 0 Å². The van der Waals surface area contributed by atoms with Crippen molar-refractivity contribution in [2.24, 2.45) is 0 Å². The largest absolute Gasteiger partial charge is 0.370 e. The molecule has 0 spiro atoms. The third kappa shape index (κ3) is 4.15. The second-order valence-corrected chi connectivity index (χ2v) is 5.42. The van der Waals surface area contributed by atoms with Crippen LogP contribution in [0.3, 0.4) is 0 Å². The molecule has 1 amide bonds. The summed E-state index contributed by atoms with van der Waals surface area (Å²) in [6, 6.07) is 7.30. The molecule has 0 aliphatic rings. The zero-order valence-electron chi connectivity index (χ0n) is 11.1. The van der Waals surface area contributed by atoms with Crippen LogP contribution in [0.2, 0.25) is 5.15 Å². The number of carbonyl (C=O) groups excluding carboxylic acids is 1. The van der Waals surface area contributed by atoms with Crippen molar-refractivity contribution in [3.8, 4) is 0 Å². The van der Waals surface area contributed by atoms with Crippen LogP contribution < -0.4 is 10.6 Å². The number of hydrogen-bond donors (Lipinski definition) is 2. The minimum absolute atomic E-state index is 0.221. The van der Waals surface area contributed by atoms with Gasteiger partial charge in [0.05, 0.1) is 4.47 Å². The molecule has 110 valence electrons. The van der Waals surface area contributed by atoms with Crippen molar-refractivity contribution in [2.75, 3.05) is 17.2 Å². The fourth-order valence-electron chi connectivity index (χ4n) is 1.68. The van der Waals surface area contributed by atoms with E-state index in [2.05, 4.69) is 31.5 Å². The van der Waals surface area contributed by atoms with Crippen molar-refractivity contribution in [3.05, 3.63) is 51.3 Å². The highest BCUT2D eigenvalue weighted by Gasteiger charge is 2.10. The standard InChI is InChI=1S/C14H12BrClFN3O/c1-2-18-13-6-8(5-12(16)20-13)14(21)19-9-3-4-11(17)10(15)7-9/h3-7H,2H2,1H3,(H,18,20)(H,19,21). The Labute approximate surface area is 134 Å². The number of amides is 1. The molecule has 0 aliphatic carbocycles.